The maximum atomic E-state index is 14.8. The number of nitrogens with one attached hydrogen (secondary N) is 2. The second-order valence-electron chi connectivity index (χ2n) is 11.7. The maximum absolute atomic E-state index is 14.8. The largest absolute Gasteiger partial charge is 0.489 e. The molecule has 0 unspecified atom stereocenters. The lowest BCUT2D eigenvalue weighted by Crippen LogP contribution is -2.51. The number of aromatic nitrogens is 2. The predicted molar refractivity (Wildman–Crippen MR) is 167 cm³/mol. The number of hydrogen-bond acceptors (Lipinski definition) is 10. The molecular formula is C33H31F4N5O8. The maximum Gasteiger partial charge on any atom is 0.424 e. The van der Waals surface area contributed by atoms with Gasteiger partial charge in [0.1, 0.15) is 40.5 Å². The number of pyridine rings is 2. The molecule has 0 fully saturated rings. The van der Waals surface area contributed by atoms with Gasteiger partial charge < -0.3 is 41.2 Å². The molecule has 3 amide bonds. The van der Waals surface area contributed by atoms with Crippen molar-refractivity contribution >= 4 is 28.6 Å². The van der Waals surface area contributed by atoms with Crippen LogP contribution >= 0.6 is 0 Å². The van der Waals surface area contributed by atoms with Gasteiger partial charge in [0.05, 0.1) is 24.9 Å². The van der Waals surface area contributed by atoms with Gasteiger partial charge in [-0.05, 0) is 55.5 Å². The number of hydrogen-bond donors (Lipinski definition) is 6. The average molecular weight is 702 g/mol. The third-order valence-electron chi connectivity index (χ3n) is 8.17. The average Bonchev–Trinajstić information content (AvgIpc) is 3.45. The van der Waals surface area contributed by atoms with E-state index in [1.807, 2.05) is 0 Å². The molecule has 3 atom stereocenters. The van der Waals surface area contributed by atoms with Crippen LogP contribution in [0.2, 0.25) is 0 Å². The van der Waals surface area contributed by atoms with Gasteiger partial charge in [-0.3, -0.25) is 19.4 Å². The number of nitrogens with zero attached hydrogens (tertiary/aromatic N) is 2. The Kier molecular flexibility index (Phi) is 9.95. The summed E-state index contributed by atoms with van der Waals surface area (Å²) < 4.78 is 69.3. The van der Waals surface area contributed by atoms with E-state index < -0.39 is 72.3 Å². The van der Waals surface area contributed by atoms with Crippen molar-refractivity contribution in [2.45, 2.75) is 30.2 Å². The van der Waals surface area contributed by atoms with Crippen LogP contribution in [0.25, 0.3) is 22.2 Å². The fourth-order valence-electron chi connectivity index (χ4n) is 5.14. The lowest BCUT2D eigenvalue weighted by molar-refractivity contribution is -0.265. The molecule has 1 aliphatic rings. The number of aliphatic hydroxyl groups excluding tert-OH is 2. The van der Waals surface area contributed by atoms with Crippen LogP contribution < -0.4 is 25.8 Å². The summed E-state index contributed by atoms with van der Waals surface area (Å²) in [6.45, 7) is -1.89. The number of fused-ring (bicyclic) bond motifs is 2. The van der Waals surface area contributed by atoms with Crippen molar-refractivity contribution in [2.75, 3.05) is 32.9 Å². The molecule has 0 aliphatic carbocycles. The van der Waals surface area contributed by atoms with Gasteiger partial charge in [0.25, 0.3) is 11.8 Å². The first kappa shape index (κ1) is 35.9. The monoisotopic (exact) mass is 701 g/mol. The summed E-state index contributed by atoms with van der Waals surface area (Å²) in [5, 5.41) is 34.4. The summed E-state index contributed by atoms with van der Waals surface area (Å²) in [5.41, 5.74) is -1.06. The highest BCUT2D eigenvalue weighted by Crippen LogP contribution is 2.47. The summed E-state index contributed by atoms with van der Waals surface area (Å²) in [5.74, 6) is -3.49. The molecule has 0 spiro atoms. The van der Waals surface area contributed by atoms with Crippen LogP contribution in [0.5, 0.6) is 11.5 Å². The smallest absolute Gasteiger partial charge is 0.424 e. The van der Waals surface area contributed by atoms with Gasteiger partial charge in [-0.25, -0.2) is 9.37 Å². The SMILES string of the molecule is C[C@]1(C(N)=O)COc2c1cc([C@@](O)(CNC(=O)c1cc(OCC(=O)NC[C@H](O)CO)c3ncccc3c1)C(F)(F)F)nc2-c1ccc(F)cc1. The fraction of sp³-hybridized carbons (Fsp3) is 0.303. The molecule has 3 heterocycles. The summed E-state index contributed by atoms with van der Waals surface area (Å²) in [6, 6.07) is 10.9. The molecule has 50 heavy (non-hydrogen) atoms. The number of ether oxygens (including phenoxy) is 2. The first-order valence-electron chi connectivity index (χ1n) is 15.0. The number of benzene rings is 2. The molecule has 17 heteroatoms. The van der Waals surface area contributed by atoms with Crippen molar-refractivity contribution in [3.05, 3.63) is 83.4 Å². The second-order valence-corrected chi connectivity index (χ2v) is 11.7. The lowest BCUT2D eigenvalue weighted by Gasteiger charge is -2.31. The quantitative estimate of drug-likeness (QED) is 0.118. The number of aliphatic hydroxyl groups is 3. The molecule has 2 aromatic heterocycles. The van der Waals surface area contributed by atoms with Gasteiger partial charge in [-0.15, -0.1) is 0 Å². The molecule has 13 nitrogen and oxygen atoms in total. The topological polar surface area (TPSA) is 206 Å². The zero-order chi connectivity index (χ0) is 36.4. The van der Waals surface area contributed by atoms with E-state index >= 15 is 0 Å². The molecule has 0 saturated heterocycles. The van der Waals surface area contributed by atoms with E-state index in [0.717, 1.165) is 24.3 Å². The molecule has 4 aromatic rings. The highest BCUT2D eigenvalue weighted by atomic mass is 19.4. The number of alkyl halides is 3. The van der Waals surface area contributed by atoms with Crippen molar-refractivity contribution in [1.82, 2.24) is 20.6 Å². The van der Waals surface area contributed by atoms with Crippen LogP contribution in [-0.2, 0) is 20.6 Å². The van der Waals surface area contributed by atoms with E-state index in [2.05, 4.69) is 20.6 Å². The highest BCUT2D eigenvalue weighted by Gasteiger charge is 2.57. The first-order valence-corrected chi connectivity index (χ1v) is 15.0. The van der Waals surface area contributed by atoms with E-state index in [1.165, 1.54) is 37.4 Å². The van der Waals surface area contributed by atoms with Crippen LogP contribution in [0.15, 0.2) is 60.8 Å². The van der Waals surface area contributed by atoms with E-state index in [0.29, 0.717) is 5.39 Å². The molecule has 7 N–H and O–H groups in total. The molecule has 2 aromatic carbocycles. The number of amides is 3. The Hall–Kier alpha value is -5.39. The summed E-state index contributed by atoms with van der Waals surface area (Å²) in [4.78, 5) is 46.3. The van der Waals surface area contributed by atoms with Crippen molar-refractivity contribution in [3.63, 3.8) is 0 Å². The van der Waals surface area contributed by atoms with E-state index in [-0.39, 0.29) is 52.6 Å². The normalized spacial score (nSPS) is 17.3. The van der Waals surface area contributed by atoms with Crippen molar-refractivity contribution < 1.29 is 56.7 Å². The van der Waals surface area contributed by atoms with Crippen molar-refractivity contribution in [3.8, 4) is 22.8 Å². The molecule has 0 bridgehead atoms. The number of carbonyl (C=O) groups excluding carboxylic acids is 3. The second kappa shape index (κ2) is 13.9. The van der Waals surface area contributed by atoms with E-state index in [4.69, 9.17) is 20.3 Å². The van der Waals surface area contributed by atoms with Crippen LogP contribution in [0.4, 0.5) is 17.6 Å². The van der Waals surface area contributed by atoms with Gasteiger partial charge >= 0.3 is 6.18 Å². The Balaban J connectivity index is 1.48. The van der Waals surface area contributed by atoms with Gasteiger partial charge in [-0.2, -0.15) is 13.2 Å². The minimum atomic E-state index is -5.44. The van der Waals surface area contributed by atoms with Gasteiger partial charge in [-0.1, -0.05) is 6.07 Å². The third-order valence-corrected chi connectivity index (χ3v) is 8.17. The van der Waals surface area contributed by atoms with Crippen LogP contribution in [0, 0.1) is 5.82 Å². The Morgan fingerprint density at radius 3 is 2.50 bits per heavy atom. The molecule has 5 rings (SSSR count). The van der Waals surface area contributed by atoms with Gasteiger partial charge in [0, 0.05) is 34.8 Å². The highest BCUT2D eigenvalue weighted by molar-refractivity contribution is 6.00. The minimum absolute atomic E-state index is 0.0767. The molecule has 264 valence electrons. The predicted octanol–water partition coefficient (Wildman–Crippen LogP) is 1.60. The zero-order valence-electron chi connectivity index (χ0n) is 26.3. The summed E-state index contributed by atoms with van der Waals surface area (Å²) >= 11 is 0. The first-order chi connectivity index (χ1) is 23.6. The standard InChI is InChI=1S/C33H31F4N5O8/c1-31(30(38)47)16-50-28-22(31)11-24(42-27(28)17-4-6-20(34)7-5-17)32(48,33(35,36)37)15-41-29(46)19-9-18-3-2-8-39-26(18)23(10-19)49-14-25(45)40-12-21(44)13-43/h2-11,21,43-44,48H,12-16H2,1H3,(H2,38,47)(H,40,45)(H,41,46)/t21-,31-,32-/m0/s1. The molecule has 1 aliphatic heterocycles. The number of primary amides is 1. The Bertz CT molecular complexity index is 1940. The molecule has 0 saturated carbocycles. The van der Waals surface area contributed by atoms with Crippen molar-refractivity contribution in [2.24, 2.45) is 5.73 Å². The fourth-order valence-corrected chi connectivity index (χ4v) is 5.14. The van der Waals surface area contributed by atoms with Crippen LogP contribution in [0.1, 0.15) is 28.5 Å². The van der Waals surface area contributed by atoms with Gasteiger partial charge in [0.15, 0.2) is 6.61 Å². The zero-order valence-corrected chi connectivity index (χ0v) is 26.3. The van der Waals surface area contributed by atoms with Crippen molar-refractivity contribution in [1.29, 1.82) is 0 Å². The summed E-state index contributed by atoms with van der Waals surface area (Å²) in [7, 11) is 0. The Labute approximate surface area is 281 Å². The van der Waals surface area contributed by atoms with E-state index in [1.54, 1.807) is 6.07 Å². The molecular weight excluding hydrogens is 670 g/mol. The van der Waals surface area contributed by atoms with Gasteiger partial charge in [0.2, 0.25) is 11.5 Å². The molecule has 0 radical (unpaired) electrons. The van der Waals surface area contributed by atoms with E-state index in [9.17, 15) is 42.2 Å². The number of rotatable bonds is 12. The number of halogens is 4. The summed E-state index contributed by atoms with van der Waals surface area (Å²) in [6.07, 6.45) is -5.23. The van der Waals surface area contributed by atoms with Crippen LogP contribution in [0.3, 0.4) is 0 Å². The number of carbonyl (C=O) groups is 3. The lowest BCUT2D eigenvalue weighted by atomic mass is 9.81. The third kappa shape index (κ3) is 7.01. The Morgan fingerprint density at radius 2 is 1.84 bits per heavy atom. The van der Waals surface area contributed by atoms with Crippen LogP contribution in [-0.4, -0.2) is 88.2 Å². The minimum Gasteiger partial charge on any atom is -0.489 e. The number of nitrogens with two attached hydrogens (primary N) is 1. The Morgan fingerprint density at radius 1 is 1.12 bits per heavy atom.